The van der Waals surface area contributed by atoms with Crippen LogP contribution in [-0.2, 0) is 6.54 Å². The minimum Gasteiger partial charge on any atom is -0.266 e. The summed E-state index contributed by atoms with van der Waals surface area (Å²) in [5.41, 5.74) is 0. The van der Waals surface area contributed by atoms with Gasteiger partial charge in [-0.2, -0.15) is 4.99 Å². The molecule has 2 aromatic heterocycles. The topological polar surface area (TPSA) is 88.7 Å². The highest BCUT2D eigenvalue weighted by atomic mass is 35.5. The Balaban J connectivity index is 2.24. The number of nitrogens with zero attached hydrogens (tertiary/aromatic N) is 4. The van der Waals surface area contributed by atoms with Crippen LogP contribution in [0, 0.1) is 10.1 Å². The van der Waals surface area contributed by atoms with E-state index in [0.29, 0.717) is 14.2 Å². The summed E-state index contributed by atoms with van der Waals surface area (Å²) in [6.07, 6.45) is 3.08. The second-order valence-electron chi connectivity index (χ2n) is 3.76. The number of carbonyl (C=O) groups is 1. The lowest BCUT2D eigenvalue weighted by Gasteiger charge is -2.13. The minimum absolute atomic E-state index is 0.00734. The van der Waals surface area contributed by atoms with Crippen LogP contribution in [0.15, 0.2) is 28.7 Å². The van der Waals surface area contributed by atoms with Crippen LogP contribution < -0.4 is 0 Å². The Morgan fingerprint density at radius 2 is 2.41 bits per heavy atom. The highest BCUT2D eigenvalue weighted by Crippen LogP contribution is 2.21. The molecule has 7 nitrogen and oxygen atoms in total. The van der Waals surface area contributed by atoms with Crippen LogP contribution in [-0.4, -0.2) is 32.4 Å². The maximum absolute atomic E-state index is 12.0. The molecule has 0 saturated carbocycles. The number of hydrogen-bond acceptors (Lipinski definition) is 7. The zero-order valence-corrected chi connectivity index (χ0v) is 14.3. The maximum atomic E-state index is 12.0. The smallest absolute Gasteiger partial charge is 0.266 e. The summed E-state index contributed by atoms with van der Waals surface area (Å²) in [6, 6.07) is 3.34. The van der Waals surface area contributed by atoms with E-state index in [0.717, 1.165) is 28.1 Å². The van der Waals surface area contributed by atoms with Crippen molar-refractivity contribution in [3.63, 3.8) is 0 Å². The number of aliphatic imine (C=N–C) groups is 1. The normalized spacial score (nSPS) is 11.5. The number of thioether (sulfide) groups is 1. The van der Waals surface area contributed by atoms with Crippen molar-refractivity contribution < 1.29 is 9.83 Å². The Labute approximate surface area is 142 Å². The Kier molecular flexibility index (Phi) is 5.89. The third-order valence-electron chi connectivity index (χ3n) is 2.36. The molecule has 116 valence electrons. The Bertz CT molecular complexity index is 701. The number of nitro groups is 1. The average Bonchev–Trinajstić information content (AvgIpc) is 3.13. The molecule has 0 aliphatic heterocycles. The lowest BCUT2D eigenvalue weighted by molar-refractivity contribution is -0.631. The van der Waals surface area contributed by atoms with Gasteiger partial charge in [0.1, 0.15) is 6.54 Å². The van der Waals surface area contributed by atoms with Gasteiger partial charge in [0, 0.05) is 6.20 Å². The van der Waals surface area contributed by atoms with E-state index in [-0.39, 0.29) is 11.7 Å². The summed E-state index contributed by atoms with van der Waals surface area (Å²) < 4.78 is 0.301. The Hall–Kier alpha value is -1.49. The molecule has 2 rings (SSSR count). The molecule has 0 saturated heterocycles. The van der Waals surface area contributed by atoms with Gasteiger partial charge in [0.2, 0.25) is 5.17 Å². The van der Waals surface area contributed by atoms with Gasteiger partial charge in [0.05, 0.1) is 9.75 Å². The fraction of sp³-hybridized carbons (Fsp3) is 0.182. The van der Waals surface area contributed by atoms with Gasteiger partial charge in [-0.05, 0) is 17.7 Å². The predicted octanol–water partition coefficient (Wildman–Crippen LogP) is 3.41. The molecule has 1 amide bonds. The van der Waals surface area contributed by atoms with Gasteiger partial charge in [-0.1, -0.05) is 34.4 Å². The molecule has 0 spiro atoms. The van der Waals surface area contributed by atoms with E-state index in [1.807, 2.05) is 0 Å². The van der Waals surface area contributed by atoms with E-state index in [4.69, 9.17) is 11.6 Å². The van der Waals surface area contributed by atoms with Crippen LogP contribution in [0.1, 0.15) is 14.5 Å². The van der Waals surface area contributed by atoms with Gasteiger partial charge >= 0.3 is 0 Å². The van der Waals surface area contributed by atoms with Crippen molar-refractivity contribution in [3.8, 4) is 0 Å². The number of amidine groups is 1. The molecule has 0 unspecified atom stereocenters. The summed E-state index contributed by atoms with van der Waals surface area (Å²) in [7, 11) is 0. The second kappa shape index (κ2) is 7.68. The van der Waals surface area contributed by atoms with Crippen molar-refractivity contribution >= 4 is 57.1 Å². The molecule has 0 radical (unpaired) electrons. The lowest BCUT2D eigenvalue weighted by Crippen LogP contribution is -2.34. The van der Waals surface area contributed by atoms with E-state index in [1.165, 1.54) is 17.5 Å². The molecule has 0 fully saturated rings. The van der Waals surface area contributed by atoms with Gasteiger partial charge in [-0.15, -0.1) is 22.7 Å². The molecule has 0 atom stereocenters. The molecule has 22 heavy (non-hydrogen) atoms. The van der Waals surface area contributed by atoms with Gasteiger partial charge in [0.25, 0.3) is 5.91 Å². The third-order valence-corrected chi connectivity index (χ3v) is 4.99. The summed E-state index contributed by atoms with van der Waals surface area (Å²) in [5, 5.41) is 13.2. The summed E-state index contributed by atoms with van der Waals surface area (Å²) in [6.45, 7) is -0.0607. The number of hydrogen-bond donors (Lipinski definition) is 0. The highest BCUT2D eigenvalue weighted by Gasteiger charge is 2.24. The number of amides is 1. The quantitative estimate of drug-likeness (QED) is 0.351. The van der Waals surface area contributed by atoms with Crippen LogP contribution in [0.2, 0.25) is 4.47 Å². The number of rotatable bonds is 4. The first-order valence-electron chi connectivity index (χ1n) is 5.74. The molecule has 11 heteroatoms. The minimum atomic E-state index is -0.606. The average molecular weight is 377 g/mol. The molecular weight excluding hydrogens is 368 g/mol. The first-order valence-corrected chi connectivity index (χ1v) is 9.03. The Morgan fingerprint density at radius 1 is 1.64 bits per heavy atom. The zero-order chi connectivity index (χ0) is 16.1. The monoisotopic (exact) mass is 376 g/mol. The number of hydrazine groups is 1. The number of halogens is 1. The van der Waals surface area contributed by atoms with Gasteiger partial charge in [-0.25, -0.2) is 15.1 Å². The van der Waals surface area contributed by atoms with E-state index in [1.54, 1.807) is 23.8 Å². The number of thiophene rings is 1. The van der Waals surface area contributed by atoms with Crippen molar-refractivity contribution in [2.75, 3.05) is 6.26 Å². The lowest BCUT2D eigenvalue weighted by atomic mass is 10.4. The van der Waals surface area contributed by atoms with E-state index in [9.17, 15) is 14.9 Å². The van der Waals surface area contributed by atoms with Crippen LogP contribution in [0.3, 0.4) is 0 Å². The Morgan fingerprint density at radius 3 is 2.91 bits per heavy atom. The predicted molar refractivity (Wildman–Crippen MR) is 89.3 cm³/mol. The van der Waals surface area contributed by atoms with E-state index < -0.39 is 10.9 Å². The molecular formula is C11H9ClN4O3S3. The summed E-state index contributed by atoms with van der Waals surface area (Å²) in [4.78, 5) is 32.0. The fourth-order valence-electron chi connectivity index (χ4n) is 1.45. The summed E-state index contributed by atoms with van der Waals surface area (Å²) >= 11 is 9.12. The van der Waals surface area contributed by atoms with Crippen molar-refractivity contribution in [1.82, 2.24) is 9.99 Å². The van der Waals surface area contributed by atoms with Crippen LogP contribution in [0.25, 0.3) is 0 Å². The van der Waals surface area contributed by atoms with Crippen LogP contribution in [0.5, 0.6) is 0 Å². The standard InChI is InChI=1S/C11H9ClN4O3S3/c1-20-11(14-9(17)8-3-2-4-21-8)15(16(18)19)6-7-5-13-10(12)22-7/h2-5H,6H2,1H3. The van der Waals surface area contributed by atoms with Crippen molar-refractivity contribution in [1.29, 1.82) is 0 Å². The van der Waals surface area contributed by atoms with Crippen molar-refractivity contribution in [3.05, 3.63) is 48.0 Å². The molecule has 0 bridgehead atoms. The number of thiazole rings is 1. The molecule has 0 aliphatic carbocycles. The molecule has 0 aliphatic rings. The van der Waals surface area contributed by atoms with E-state index >= 15 is 0 Å². The zero-order valence-electron chi connectivity index (χ0n) is 11.1. The molecule has 2 heterocycles. The van der Waals surface area contributed by atoms with Gasteiger partial charge in [-0.3, -0.25) is 4.79 Å². The third kappa shape index (κ3) is 4.26. The molecule has 0 aromatic carbocycles. The van der Waals surface area contributed by atoms with Crippen molar-refractivity contribution in [2.24, 2.45) is 4.99 Å². The summed E-state index contributed by atoms with van der Waals surface area (Å²) in [5.74, 6) is -0.506. The fourth-order valence-corrected chi connectivity index (χ4v) is 3.53. The number of carbonyl (C=O) groups excluding carboxylic acids is 1. The second-order valence-corrected chi connectivity index (χ2v) is 7.17. The molecule has 0 N–H and O–H groups in total. The number of aromatic nitrogens is 1. The first kappa shape index (κ1) is 16.9. The first-order chi connectivity index (χ1) is 10.5. The molecule has 2 aromatic rings. The van der Waals surface area contributed by atoms with Crippen LogP contribution in [0.4, 0.5) is 0 Å². The van der Waals surface area contributed by atoms with Gasteiger partial charge in [0.15, 0.2) is 9.50 Å². The maximum Gasteiger partial charge on any atom is 0.289 e. The van der Waals surface area contributed by atoms with Crippen LogP contribution >= 0.6 is 46.0 Å². The highest BCUT2D eigenvalue weighted by molar-refractivity contribution is 8.13. The van der Waals surface area contributed by atoms with E-state index in [2.05, 4.69) is 9.98 Å². The SMILES string of the molecule is CSC(=NC(=O)c1cccs1)N(Cc1cnc(Cl)s1)[N+](=O)[O-]. The largest absolute Gasteiger partial charge is 0.289 e. The van der Waals surface area contributed by atoms with Gasteiger partial charge < -0.3 is 0 Å². The van der Waals surface area contributed by atoms with Crippen molar-refractivity contribution in [2.45, 2.75) is 6.54 Å².